The molecule has 3 aliphatic rings. The third-order valence-corrected chi connectivity index (χ3v) is 6.55. The lowest BCUT2D eigenvalue weighted by Crippen LogP contribution is -2.50. The van der Waals surface area contributed by atoms with Gasteiger partial charge in [-0.15, -0.1) is 0 Å². The second kappa shape index (κ2) is 7.43. The highest BCUT2D eigenvalue weighted by molar-refractivity contribution is 5.79. The summed E-state index contributed by atoms with van der Waals surface area (Å²) < 4.78 is 0. The van der Waals surface area contributed by atoms with Crippen molar-refractivity contribution >= 4 is 11.9 Å². The molecule has 1 N–H and O–H groups in total. The minimum absolute atomic E-state index is 0.0138. The minimum Gasteiger partial charge on any atom is -0.331 e. The zero-order valence-corrected chi connectivity index (χ0v) is 16.2. The van der Waals surface area contributed by atoms with Crippen molar-refractivity contribution in [2.24, 2.45) is 11.8 Å². The number of rotatable bonds is 4. The summed E-state index contributed by atoms with van der Waals surface area (Å²) in [6.45, 7) is 4.83. The Hall–Kier alpha value is -1.81. The standard InChI is InChI=1S/C19H31N5O2/c1-4-19(21-11-17(25)24-7-5-6-16(24)10-20)8-14-12-23(13-15(14)9-19)18(26)22(2)3/h14-16,21H,4-9,11-13H2,1-3H3/t14-,15+,16-,19-/m0/s1. The van der Waals surface area contributed by atoms with Crippen molar-refractivity contribution in [3.63, 3.8) is 0 Å². The molecule has 7 heteroatoms. The summed E-state index contributed by atoms with van der Waals surface area (Å²) in [7, 11) is 3.60. The van der Waals surface area contributed by atoms with Crippen molar-refractivity contribution < 1.29 is 9.59 Å². The lowest BCUT2D eigenvalue weighted by Gasteiger charge is -2.33. The first-order valence-corrected chi connectivity index (χ1v) is 9.79. The van der Waals surface area contributed by atoms with E-state index in [1.165, 1.54) is 0 Å². The third kappa shape index (κ3) is 3.52. The van der Waals surface area contributed by atoms with E-state index in [9.17, 15) is 14.9 Å². The highest BCUT2D eigenvalue weighted by Crippen LogP contribution is 2.45. The number of urea groups is 1. The molecule has 4 atom stereocenters. The fraction of sp³-hybridized carbons (Fsp3) is 0.842. The van der Waals surface area contributed by atoms with Crippen LogP contribution in [0.25, 0.3) is 0 Å². The lowest BCUT2D eigenvalue weighted by molar-refractivity contribution is -0.130. The number of hydrogen-bond donors (Lipinski definition) is 1. The Morgan fingerprint density at radius 2 is 1.92 bits per heavy atom. The zero-order chi connectivity index (χ0) is 18.9. The Morgan fingerprint density at radius 1 is 1.27 bits per heavy atom. The van der Waals surface area contributed by atoms with E-state index in [4.69, 9.17) is 0 Å². The summed E-state index contributed by atoms with van der Waals surface area (Å²) in [5.41, 5.74) is -0.0138. The van der Waals surface area contributed by atoms with E-state index in [0.29, 0.717) is 24.9 Å². The van der Waals surface area contributed by atoms with Crippen LogP contribution in [0.1, 0.15) is 39.0 Å². The predicted octanol–water partition coefficient (Wildman–Crippen LogP) is 1.26. The number of nitriles is 1. The molecule has 2 heterocycles. The number of likely N-dealkylation sites (tertiary alicyclic amines) is 2. The van der Waals surface area contributed by atoms with Gasteiger partial charge in [0.05, 0.1) is 12.6 Å². The van der Waals surface area contributed by atoms with Crippen molar-refractivity contribution in [1.29, 1.82) is 5.26 Å². The topological polar surface area (TPSA) is 79.7 Å². The van der Waals surface area contributed by atoms with E-state index >= 15 is 0 Å². The average molecular weight is 361 g/mol. The zero-order valence-electron chi connectivity index (χ0n) is 16.2. The second-order valence-electron chi connectivity index (χ2n) is 8.37. The summed E-state index contributed by atoms with van der Waals surface area (Å²) in [5, 5.41) is 12.7. The van der Waals surface area contributed by atoms with Crippen LogP contribution >= 0.6 is 0 Å². The van der Waals surface area contributed by atoms with Crippen LogP contribution in [0.5, 0.6) is 0 Å². The van der Waals surface area contributed by atoms with E-state index in [1.54, 1.807) is 23.9 Å². The molecule has 0 aromatic carbocycles. The number of nitrogens with one attached hydrogen (secondary N) is 1. The van der Waals surface area contributed by atoms with Crippen molar-refractivity contribution in [2.75, 3.05) is 40.3 Å². The van der Waals surface area contributed by atoms with Gasteiger partial charge in [-0.3, -0.25) is 4.79 Å². The fourth-order valence-electron chi connectivity index (χ4n) is 5.05. The molecule has 26 heavy (non-hydrogen) atoms. The SMILES string of the molecule is CC[C@]1(NCC(=O)N2CCC[C@H]2C#N)C[C@H]2CN(C(=O)N(C)C)C[C@H]2C1. The molecule has 144 valence electrons. The number of amides is 3. The van der Waals surface area contributed by atoms with Gasteiger partial charge in [0.1, 0.15) is 6.04 Å². The summed E-state index contributed by atoms with van der Waals surface area (Å²) in [4.78, 5) is 30.1. The normalized spacial score (nSPS) is 33.2. The molecule has 3 fully saturated rings. The Morgan fingerprint density at radius 3 is 2.46 bits per heavy atom. The minimum atomic E-state index is -0.254. The molecule has 3 amide bonds. The Kier molecular flexibility index (Phi) is 5.42. The number of carbonyl (C=O) groups is 2. The highest BCUT2D eigenvalue weighted by Gasteiger charge is 2.49. The molecule has 0 bridgehead atoms. The lowest BCUT2D eigenvalue weighted by atomic mass is 9.92. The molecule has 3 rings (SSSR count). The summed E-state index contributed by atoms with van der Waals surface area (Å²) >= 11 is 0. The van der Waals surface area contributed by atoms with E-state index in [2.05, 4.69) is 18.3 Å². The van der Waals surface area contributed by atoms with E-state index < -0.39 is 0 Å². The van der Waals surface area contributed by atoms with Crippen LogP contribution in [-0.4, -0.2) is 78.5 Å². The van der Waals surface area contributed by atoms with Crippen LogP contribution in [-0.2, 0) is 4.79 Å². The molecule has 1 aliphatic carbocycles. The molecular formula is C19H31N5O2. The van der Waals surface area contributed by atoms with Crippen molar-refractivity contribution in [3.05, 3.63) is 0 Å². The first kappa shape index (κ1) is 19.0. The Labute approximate surface area is 156 Å². The van der Waals surface area contributed by atoms with Gasteiger partial charge >= 0.3 is 6.03 Å². The first-order valence-electron chi connectivity index (χ1n) is 9.79. The van der Waals surface area contributed by atoms with Crippen LogP contribution in [0.3, 0.4) is 0 Å². The molecule has 0 aromatic heterocycles. The maximum atomic E-state index is 12.5. The van der Waals surface area contributed by atoms with Gasteiger partial charge in [0, 0.05) is 39.3 Å². The van der Waals surface area contributed by atoms with E-state index in [1.807, 2.05) is 4.90 Å². The predicted molar refractivity (Wildman–Crippen MR) is 98.2 cm³/mol. The Balaban J connectivity index is 1.55. The van der Waals surface area contributed by atoms with Crippen LogP contribution < -0.4 is 5.32 Å². The van der Waals surface area contributed by atoms with Gasteiger partial charge in [-0.1, -0.05) is 6.92 Å². The Bertz CT molecular complexity index is 585. The summed E-state index contributed by atoms with van der Waals surface area (Å²) in [5.74, 6) is 1.07. The third-order valence-electron chi connectivity index (χ3n) is 6.55. The number of fused-ring (bicyclic) bond motifs is 1. The van der Waals surface area contributed by atoms with Gasteiger partial charge in [-0.25, -0.2) is 4.79 Å². The van der Waals surface area contributed by atoms with Gasteiger partial charge in [-0.2, -0.15) is 5.26 Å². The highest BCUT2D eigenvalue weighted by atomic mass is 16.2. The quantitative estimate of drug-likeness (QED) is 0.818. The second-order valence-corrected chi connectivity index (χ2v) is 8.37. The van der Waals surface area contributed by atoms with Crippen LogP contribution in [0.15, 0.2) is 0 Å². The maximum Gasteiger partial charge on any atom is 0.319 e. The van der Waals surface area contributed by atoms with Gasteiger partial charge < -0.3 is 20.0 Å². The number of hydrogen-bond acceptors (Lipinski definition) is 4. The maximum absolute atomic E-state index is 12.5. The van der Waals surface area contributed by atoms with E-state index in [-0.39, 0.29) is 23.5 Å². The van der Waals surface area contributed by atoms with Gasteiger partial charge in [-0.05, 0) is 43.9 Å². The molecule has 7 nitrogen and oxygen atoms in total. The van der Waals surface area contributed by atoms with E-state index in [0.717, 1.165) is 45.2 Å². The first-order chi connectivity index (χ1) is 12.4. The fourth-order valence-corrected chi connectivity index (χ4v) is 5.05. The van der Waals surface area contributed by atoms with Crippen LogP contribution in [0.2, 0.25) is 0 Å². The molecular weight excluding hydrogens is 330 g/mol. The van der Waals surface area contributed by atoms with Gasteiger partial charge in [0.25, 0.3) is 0 Å². The largest absolute Gasteiger partial charge is 0.331 e. The summed E-state index contributed by atoms with van der Waals surface area (Å²) in [6.07, 6.45) is 4.72. The van der Waals surface area contributed by atoms with Crippen molar-refractivity contribution in [3.8, 4) is 6.07 Å². The number of carbonyl (C=O) groups excluding carboxylic acids is 2. The average Bonchev–Trinajstić information content (AvgIpc) is 3.31. The summed E-state index contributed by atoms with van der Waals surface area (Å²) in [6, 6.07) is 2.08. The molecule has 1 saturated carbocycles. The molecule has 0 aromatic rings. The molecule has 0 unspecified atom stereocenters. The van der Waals surface area contributed by atoms with Gasteiger partial charge in [0.2, 0.25) is 5.91 Å². The smallest absolute Gasteiger partial charge is 0.319 e. The number of nitrogens with zero attached hydrogens (tertiary/aromatic N) is 4. The monoisotopic (exact) mass is 361 g/mol. The van der Waals surface area contributed by atoms with Gasteiger partial charge in [0.15, 0.2) is 0 Å². The molecule has 0 spiro atoms. The molecule has 2 aliphatic heterocycles. The van der Waals surface area contributed by atoms with Crippen molar-refractivity contribution in [2.45, 2.75) is 50.6 Å². The van der Waals surface area contributed by atoms with Crippen molar-refractivity contribution in [1.82, 2.24) is 20.0 Å². The molecule has 2 saturated heterocycles. The molecule has 0 radical (unpaired) electrons. The van der Waals surface area contributed by atoms with Crippen LogP contribution in [0.4, 0.5) is 4.79 Å². The van der Waals surface area contributed by atoms with Crippen LogP contribution in [0, 0.1) is 23.2 Å².